The average molecular weight is 335 g/mol. The van der Waals surface area contributed by atoms with Crippen molar-refractivity contribution in [1.29, 1.82) is 0 Å². The molecule has 122 valence electrons. The first-order chi connectivity index (χ1) is 10.8. The number of hydrogen-bond donors (Lipinski definition) is 3. The van der Waals surface area contributed by atoms with Gasteiger partial charge in [0, 0.05) is 11.9 Å². The van der Waals surface area contributed by atoms with Crippen molar-refractivity contribution in [2.24, 2.45) is 0 Å². The summed E-state index contributed by atoms with van der Waals surface area (Å²) in [5, 5.41) is 5.57. The van der Waals surface area contributed by atoms with Gasteiger partial charge in [0.1, 0.15) is 5.69 Å². The van der Waals surface area contributed by atoms with Crippen molar-refractivity contribution in [1.82, 2.24) is 9.97 Å². The van der Waals surface area contributed by atoms with E-state index in [1.807, 2.05) is 27.7 Å². The number of aromatic nitrogens is 2. The maximum absolute atomic E-state index is 12.2. The van der Waals surface area contributed by atoms with Crippen molar-refractivity contribution in [2.45, 2.75) is 33.6 Å². The highest BCUT2D eigenvalue weighted by Gasteiger charge is 2.15. The van der Waals surface area contributed by atoms with Crippen LogP contribution in [0.1, 0.15) is 36.6 Å². The molecule has 7 heteroatoms. The van der Waals surface area contributed by atoms with E-state index in [0.29, 0.717) is 10.7 Å². The van der Waals surface area contributed by atoms with Crippen molar-refractivity contribution in [3.05, 3.63) is 50.7 Å². The zero-order valence-electron chi connectivity index (χ0n) is 13.5. The third-order valence-corrected chi connectivity index (χ3v) is 3.78. The molecule has 0 atom stereocenters. The number of pyridine rings is 2. The van der Waals surface area contributed by atoms with E-state index in [4.69, 9.17) is 11.6 Å². The molecule has 0 aliphatic carbocycles. The Morgan fingerprint density at radius 1 is 1.26 bits per heavy atom. The largest absolute Gasteiger partial charge is 0.326 e. The predicted molar refractivity (Wildman–Crippen MR) is 92.5 cm³/mol. The number of aromatic amines is 1. The summed E-state index contributed by atoms with van der Waals surface area (Å²) in [6, 6.07) is 0.867. The van der Waals surface area contributed by atoms with Crippen molar-refractivity contribution >= 4 is 29.0 Å². The lowest BCUT2D eigenvalue weighted by Crippen LogP contribution is -2.25. The Morgan fingerprint density at radius 2 is 1.91 bits per heavy atom. The lowest BCUT2D eigenvalue weighted by Gasteiger charge is -2.18. The zero-order chi connectivity index (χ0) is 17.1. The van der Waals surface area contributed by atoms with Gasteiger partial charge in [0.15, 0.2) is 0 Å². The number of nitrogens with one attached hydrogen (secondary N) is 3. The Morgan fingerprint density at radius 3 is 2.57 bits per heavy atom. The number of rotatable bonds is 3. The Balaban J connectivity index is 2.26. The van der Waals surface area contributed by atoms with E-state index < -0.39 is 11.6 Å². The minimum Gasteiger partial charge on any atom is -0.326 e. The summed E-state index contributed by atoms with van der Waals surface area (Å²) in [7, 11) is 0. The summed E-state index contributed by atoms with van der Waals surface area (Å²) in [4.78, 5) is 30.6. The lowest BCUT2D eigenvalue weighted by molar-refractivity contribution is 0.262. The van der Waals surface area contributed by atoms with Crippen molar-refractivity contribution in [2.75, 3.05) is 10.6 Å². The summed E-state index contributed by atoms with van der Waals surface area (Å²) in [6.45, 7) is 8.00. The molecule has 2 aromatic rings. The Labute approximate surface area is 139 Å². The highest BCUT2D eigenvalue weighted by Crippen LogP contribution is 2.28. The fourth-order valence-corrected chi connectivity index (χ4v) is 2.56. The summed E-state index contributed by atoms with van der Waals surface area (Å²) < 4.78 is 0. The van der Waals surface area contributed by atoms with Crippen LogP contribution in [-0.2, 0) is 0 Å². The molecule has 2 heterocycles. The Bertz CT molecular complexity index is 799. The molecule has 0 aliphatic rings. The minimum atomic E-state index is -0.523. The molecule has 0 spiro atoms. The molecule has 0 unspecified atom stereocenters. The number of carbonyl (C=O) groups is 1. The SMILES string of the molecule is Cc1ncc(NC(=O)Nc2cc(Cl)c[nH]c2=O)c(C(C)C)c1C. The third kappa shape index (κ3) is 3.90. The number of amides is 2. The molecular weight excluding hydrogens is 316 g/mol. The minimum absolute atomic E-state index is 0.0814. The summed E-state index contributed by atoms with van der Waals surface area (Å²) in [5.74, 6) is 0.224. The van der Waals surface area contributed by atoms with E-state index in [1.54, 1.807) is 6.20 Å². The van der Waals surface area contributed by atoms with E-state index in [0.717, 1.165) is 16.8 Å². The van der Waals surface area contributed by atoms with Crippen molar-refractivity contribution in [3.63, 3.8) is 0 Å². The molecular formula is C16H19ClN4O2. The van der Waals surface area contributed by atoms with Crippen molar-refractivity contribution in [3.8, 4) is 0 Å². The first-order valence-corrected chi connectivity index (χ1v) is 7.59. The quantitative estimate of drug-likeness (QED) is 0.797. The fourth-order valence-electron chi connectivity index (χ4n) is 2.39. The van der Waals surface area contributed by atoms with Gasteiger partial charge in [-0.3, -0.25) is 9.78 Å². The molecule has 0 saturated carbocycles. The van der Waals surface area contributed by atoms with E-state index >= 15 is 0 Å². The normalized spacial score (nSPS) is 10.7. The number of anilines is 2. The van der Waals surface area contributed by atoms with E-state index in [1.165, 1.54) is 12.3 Å². The van der Waals surface area contributed by atoms with Crippen LogP contribution in [0.3, 0.4) is 0 Å². The fraction of sp³-hybridized carbons (Fsp3) is 0.312. The Kier molecular flexibility index (Phi) is 5.05. The molecule has 3 N–H and O–H groups in total. The van der Waals surface area contributed by atoms with Crippen LogP contribution in [0.5, 0.6) is 0 Å². The van der Waals surface area contributed by atoms with Gasteiger partial charge in [-0.05, 0) is 37.0 Å². The van der Waals surface area contributed by atoms with Crippen LogP contribution in [0, 0.1) is 13.8 Å². The number of aryl methyl sites for hydroxylation is 1. The zero-order valence-corrected chi connectivity index (χ0v) is 14.2. The number of carbonyl (C=O) groups excluding carboxylic acids is 1. The molecule has 0 radical (unpaired) electrons. The van der Waals surface area contributed by atoms with Crippen LogP contribution in [-0.4, -0.2) is 16.0 Å². The van der Waals surface area contributed by atoms with Gasteiger partial charge < -0.3 is 15.6 Å². The van der Waals surface area contributed by atoms with Gasteiger partial charge in [-0.2, -0.15) is 0 Å². The number of H-pyrrole nitrogens is 1. The molecule has 0 fully saturated rings. The molecule has 0 aromatic carbocycles. The molecule has 2 rings (SSSR count). The topological polar surface area (TPSA) is 86.9 Å². The number of nitrogens with zero attached hydrogens (tertiary/aromatic N) is 1. The molecule has 6 nitrogen and oxygen atoms in total. The Hall–Kier alpha value is -2.34. The summed E-state index contributed by atoms with van der Waals surface area (Å²) in [6.07, 6.45) is 2.98. The van der Waals surface area contributed by atoms with E-state index in [-0.39, 0.29) is 11.6 Å². The molecule has 0 aliphatic heterocycles. The van der Waals surface area contributed by atoms with Crippen LogP contribution in [0.2, 0.25) is 5.02 Å². The first kappa shape index (κ1) is 17.0. The molecule has 0 bridgehead atoms. The van der Waals surface area contributed by atoms with Crippen LogP contribution < -0.4 is 16.2 Å². The average Bonchev–Trinajstić information content (AvgIpc) is 2.46. The number of halogens is 1. The summed E-state index contributed by atoms with van der Waals surface area (Å²) >= 11 is 5.81. The highest BCUT2D eigenvalue weighted by atomic mass is 35.5. The second-order valence-corrected chi connectivity index (χ2v) is 6.03. The predicted octanol–water partition coefficient (Wildman–Crippen LogP) is 3.81. The van der Waals surface area contributed by atoms with Crippen LogP contribution >= 0.6 is 11.6 Å². The molecule has 23 heavy (non-hydrogen) atoms. The van der Waals surface area contributed by atoms with Gasteiger partial charge in [0.05, 0.1) is 16.9 Å². The lowest BCUT2D eigenvalue weighted by atomic mass is 9.96. The first-order valence-electron chi connectivity index (χ1n) is 7.22. The molecule has 0 saturated heterocycles. The van der Waals surface area contributed by atoms with Gasteiger partial charge in [-0.25, -0.2) is 4.79 Å². The number of hydrogen-bond acceptors (Lipinski definition) is 3. The van der Waals surface area contributed by atoms with Gasteiger partial charge in [-0.1, -0.05) is 25.4 Å². The maximum atomic E-state index is 12.2. The van der Waals surface area contributed by atoms with Crippen LogP contribution in [0.4, 0.5) is 16.2 Å². The number of urea groups is 1. The second-order valence-electron chi connectivity index (χ2n) is 5.59. The standard InChI is InChI=1S/C16H19ClN4O2/c1-8(2)14-9(3)10(4)18-7-13(14)21-16(23)20-12-5-11(17)6-19-15(12)22/h5-8H,1-4H3,(H,19,22)(H2,20,21,23). The highest BCUT2D eigenvalue weighted by molar-refractivity contribution is 6.30. The van der Waals surface area contributed by atoms with Crippen molar-refractivity contribution < 1.29 is 4.79 Å². The van der Waals surface area contributed by atoms with Crippen LogP contribution in [0.15, 0.2) is 23.3 Å². The monoisotopic (exact) mass is 334 g/mol. The van der Waals surface area contributed by atoms with Crippen LogP contribution in [0.25, 0.3) is 0 Å². The molecule has 2 amide bonds. The summed E-state index contributed by atoms with van der Waals surface area (Å²) in [5.41, 5.74) is 3.26. The third-order valence-electron chi connectivity index (χ3n) is 3.57. The van der Waals surface area contributed by atoms with Gasteiger partial charge in [0.2, 0.25) is 0 Å². The smallest absolute Gasteiger partial charge is 0.323 e. The maximum Gasteiger partial charge on any atom is 0.323 e. The van der Waals surface area contributed by atoms with Gasteiger partial charge >= 0.3 is 6.03 Å². The molecule has 2 aromatic heterocycles. The van der Waals surface area contributed by atoms with E-state index in [9.17, 15) is 9.59 Å². The van der Waals surface area contributed by atoms with E-state index in [2.05, 4.69) is 20.6 Å². The second kappa shape index (κ2) is 6.83. The van der Waals surface area contributed by atoms with Gasteiger partial charge in [-0.15, -0.1) is 0 Å². The van der Waals surface area contributed by atoms with Gasteiger partial charge in [0.25, 0.3) is 5.56 Å².